The number of benzene rings is 1. The van der Waals surface area contributed by atoms with Crippen LogP contribution >= 0.6 is 11.8 Å². The zero-order chi connectivity index (χ0) is 19.5. The summed E-state index contributed by atoms with van der Waals surface area (Å²) in [4.78, 5) is 27.5. The van der Waals surface area contributed by atoms with Gasteiger partial charge >= 0.3 is 0 Å². The van der Waals surface area contributed by atoms with Gasteiger partial charge in [-0.05, 0) is 56.5 Å². The Labute approximate surface area is 167 Å². The predicted octanol–water partition coefficient (Wildman–Crippen LogP) is 2.84. The van der Waals surface area contributed by atoms with Crippen LogP contribution in [0.1, 0.15) is 45.1 Å². The molecule has 1 aromatic carbocycles. The van der Waals surface area contributed by atoms with Crippen molar-refractivity contribution in [3.63, 3.8) is 0 Å². The minimum Gasteiger partial charge on any atom is -0.353 e. The molecule has 6 heteroatoms. The topological polar surface area (TPSA) is 61.4 Å². The van der Waals surface area contributed by atoms with Crippen molar-refractivity contribution in [2.24, 2.45) is 0 Å². The Morgan fingerprint density at radius 3 is 2.52 bits per heavy atom. The summed E-state index contributed by atoms with van der Waals surface area (Å²) in [5.74, 6) is 0.255. The second-order valence-corrected chi connectivity index (χ2v) is 8.24. The van der Waals surface area contributed by atoms with Crippen LogP contribution in [0.25, 0.3) is 0 Å². The van der Waals surface area contributed by atoms with Gasteiger partial charge in [0.1, 0.15) is 6.04 Å². The lowest BCUT2D eigenvalue weighted by atomic mass is 10.1. The molecule has 1 atom stereocenters. The Morgan fingerprint density at radius 1 is 1.19 bits per heavy atom. The zero-order valence-corrected chi connectivity index (χ0v) is 17.4. The quantitative estimate of drug-likeness (QED) is 0.570. The number of nitrogens with zero attached hydrogens (tertiary/aromatic N) is 1. The molecule has 1 aliphatic rings. The van der Waals surface area contributed by atoms with Gasteiger partial charge in [0, 0.05) is 30.7 Å². The maximum absolute atomic E-state index is 12.5. The van der Waals surface area contributed by atoms with Gasteiger partial charge in [0.05, 0.1) is 0 Å². The number of thioether (sulfide) groups is 1. The van der Waals surface area contributed by atoms with Crippen LogP contribution < -0.4 is 10.6 Å². The second kappa shape index (κ2) is 12.0. The summed E-state index contributed by atoms with van der Waals surface area (Å²) in [5, 5.41) is 5.76. The standard InChI is InChI=1S/C21H33N3O2S/c1-3-4-7-18-8-10-19(11-9-18)27-16-20(23-17(2)25)21(26)22-12-15-24-13-5-6-14-24/h8-11,20H,3-7,12-16H2,1-2H3,(H,22,26)(H,23,25). The summed E-state index contributed by atoms with van der Waals surface area (Å²) in [6.45, 7) is 7.40. The molecule has 5 nitrogen and oxygen atoms in total. The molecule has 1 aliphatic heterocycles. The summed E-state index contributed by atoms with van der Waals surface area (Å²) in [6, 6.07) is 8.01. The maximum Gasteiger partial charge on any atom is 0.243 e. The average Bonchev–Trinajstić information content (AvgIpc) is 3.17. The lowest BCUT2D eigenvalue weighted by molar-refractivity contribution is -0.127. The van der Waals surface area contributed by atoms with Gasteiger partial charge < -0.3 is 15.5 Å². The number of hydrogen-bond donors (Lipinski definition) is 2. The largest absolute Gasteiger partial charge is 0.353 e. The molecule has 1 unspecified atom stereocenters. The summed E-state index contributed by atoms with van der Waals surface area (Å²) in [5.41, 5.74) is 1.35. The molecule has 0 spiro atoms. The fourth-order valence-corrected chi connectivity index (χ4v) is 4.13. The van der Waals surface area contributed by atoms with Crippen molar-refractivity contribution in [1.82, 2.24) is 15.5 Å². The number of rotatable bonds is 11. The van der Waals surface area contributed by atoms with Crippen molar-refractivity contribution in [3.8, 4) is 0 Å². The third-order valence-corrected chi connectivity index (χ3v) is 5.88. The van der Waals surface area contributed by atoms with E-state index in [-0.39, 0.29) is 11.8 Å². The van der Waals surface area contributed by atoms with Gasteiger partial charge in [-0.15, -0.1) is 11.8 Å². The predicted molar refractivity (Wildman–Crippen MR) is 112 cm³/mol. The highest BCUT2D eigenvalue weighted by molar-refractivity contribution is 7.99. The van der Waals surface area contributed by atoms with Crippen LogP contribution in [-0.4, -0.2) is 54.7 Å². The molecule has 0 aromatic heterocycles. The fraction of sp³-hybridized carbons (Fsp3) is 0.619. The van der Waals surface area contributed by atoms with E-state index in [4.69, 9.17) is 0 Å². The molecule has 1 saturated heterocycles. The van der Waals surface area contributed by atoms with E-state index in [1.165, 1.54) is 38.2 Å². The lowest BCUT2D eigenvalue weighted by Crippen LogP contribution is -2.49. The Bertz CT molecular complexity index is 586. The molecule has 0 aliphatic carbocycles. The molecule has 1 heterocycles. The second-order valence-electron chi connectivity index (χ2n) is 7.15. The molecular formula is C21H33N3O2S. The van der Waals surface area contributed by atoms with Crippen LogP contribution in [0.15, 0.2) is 29.2 Å². The van der Waals surface area contributed by atoms with Gasteiger partial charge in [-0.2, -0.15) is 0 Å². The zero-order valence-electron chi connectivity index (χ0n) is 16.6. The molecule has 0 radical (unpaired) electrons. The molecular weight excluding hydrogens is 358 g/mol. The third kappa shape index (κ3) is 8.35. The van der Waals surface area contributed by atoms with E-state index in [1.54, 1.807) is 11.8 Å². The van der Waals surface area contributed by atoms with E-state index < -0.39 is 6.04 Å². The molecule has 2 rings (SSSR count). The third-order valence-electron chi connectivity index (χ3n) is 4.78. The van der Waals surface area contributed by atoms with Crippen molar-refractivity contribution in [1.29, 1.82) is 0 Å². The average molecular weight is 392 g/mol. The minimum atomic E-state index is -0.508. The Hall–Kier alpha value is -1.53. The van der Waals surface area contributed by atoms with Crippen molar-refractivity contribution in [3.05, 3.63) is 29.8 Å². The van der Waals surface area contributed by atoms with Crippen LogP contribution in [0.4, 0.5) is 0 Å². The van der Waals surface area contributed by atoms with E-state index in [1.807, 2.05) is 0 Å². The highest BCUT2D eigenvalue weighted by Crippen LogP contribution is 2.20. The summed E-state index contributed by atoms with van der Waals surface area (Å²) in [7, 11) is 0. The highest BCUT2D eigenvalue weighted by atomic mass is 32.2. The summed E-state index contributed by atoms with van der Waals surface area (Å²) >= 11 is 1.60. The van der Waals surface area contributed by atoms with Crippen LogP contribution in [0.5, 0.6) is 0 Å². The van der Waals surface area contributed by atoms with Gasteiger partial charge in [0.15, 0.2) is 0 Å². The molecule has 150 valence electrons. The first kappa shape index (κ1) is 21.8. The van der Waals surface area contributed by atoms with Crippen molar-refractivity contribution < 1.29 is 9.59 Å². The summed E-state index contributed by atoms with van der Waals surface area (Å²) < 4.78 is 0. The van der Waals surface area contributed by atoms with Crippen molar-refractivity contribution >= 4 is 23.6 Å². The molecule has 1 aromatic rings. The molecule has 27 heavy (non-hydrogen) atoms. The smallest absolute Gasteiger partial charge is 0.243 e. The first-order chi connectivity index (χ1) is 13.1. The molecule has 0 saturated carbocycles. The van der Waals surface area contributed by atoms with Gasteiger partial charge in [-0.3, -0.25) is 9.59 Å². The van der Waals surface area contributed by atoms with E-state index >= 15 is 0 Å². The first-order valence-corrected chi connectivity index (χ1v) is 11.1. The van der Waals surface area contributed by atoms with Crippen LogP contribution in [-0.2, 0) is 16.0 Å². The lowest BCUT2D eigenvalue weighted by Gasteiger charge is -2.19. The van der Waals surface area contributed by atoms with Crippen LogP contribution in [0.2, 0.25) is 0 Å². The first-order valence-electron chi connectivity index (χ1n) is 10.1. The normalized spacial score (nSPS) is 15.5. The number of hydrogen-bond acceptors (Lipinski definition) is 4. The van der Waals surface area contributed by atoms with E-state index in [0.717, 1.165) is 31.0 Å². The monoisotopic (exact) mass is 391 g/mol. The highest BCUT2D eigenvalue weighted by Gasteiger charge is 2.20. The molecule has 1 fully saturated rings. The molecule has 2 N–H and O–H groups in total. The van der Waals surface area contributed by atoms with E-state index in [9.17, 15) is 9.59 Å². The Kier molecular flexibility index (Phi) is 9.70. The van der Waals surface area contributed by atoms with E-state index in [2.05, 4.69) is 46.7 Å². The molecule has 2 amide bonds. The number of aryl methyl sites for hydroxylation is 1. The Morgan fingerprint density at radius 2 is 1.89 bits per heavy atom. The SMILES string of the molecule is CCCCc1ccc(SCC(NC(C)=O)C(=O)NCCN2CCCC2)cc1. The van der Waals surface area contributed by atoms with Crippen LogP contribution in [0, 0.1) is 0 Å². The van der Waals surface area contributed by atoms with Crippen molar-refractivity contribution in [2.45, 2.75) is 56.9 Å². The van der Waals surface area contributed by atoms with Crippen LogP contribution in [0.3, 0.4) is 0 Å². The van der Waals surface area contributed by atoms with Gasteiger partial charge in [-0.25, -0.2) is 0 Å². The number of amides is 2. The van der Waals surface area contributed by atoms with Gasteiger partial charge in [0.2, 0.25) is 11.8 Å². The van der Waals surface area contributed by atoms with Crippen molar-refractivity contribution in [2.75, 3.05) is 31.9 Å². The minimum absolute atomic E-state index is 0.100. The number of unbranched alkanes of at least 4 members (excludes halogenated alkanes) is 1. The number of carbonyl (C=O) groups is 2. The number of nitrogens with one attached hydrogen (secondary N) is 2. The Balaban J connectivity index is 1.79. The summed E-state index contributed by atoms with van der Waals surface area (Å²) in [6.07, 6.45) is 6.00. The fourth-order valence-electron chi connectivity index (χ4n) is 3.21. The maximum atomic E-state index is 12.5. The van der Waals surface area contributed by atoms with Gasteiger partial charge in [-0.1, -0.05) is 25.5 Å². The number of carbonyl (C=O) groups excluding carboxylic acids is 2. The molecule has 0 bridgehead atoms. The number of likely N-dealkylation sites (tertiary alicyclic amines) is 1. The van der Waals surface area contributed by atoms with E-state index in [0.29, 0.717) is 12.3 Å². The van der Waals surface area contributed by atoms with Gasteiger partial charge in [0.25, 0.3) is 0 Å².